The fourth-order valence-corrected chi connectivity index (χ4v) is 2.17. The second kappa shape index (κ2) is 8.95. The Morgan fingerprint density at radius 3 is 2.30 bits per heavy atom. The molecule has 1 aromatic carbocycles. The molecule has 20 heavy (non-hydrogen) atoms. The van der Waals surface area contributed by atoms with Gasteiger partial charge in [-0.2, -0.15) is 0 Å². The van der Waals surface area contributed by atoms with Gasteiger partial charge in [0.15, 0.2) is 0 Å². The van der Waals surface area contributed by atoms with E-state index in [1.165, 1.54) is 6.42 Å². The van der Waals surface area contributed by atoms with Crippen LogP contribution in [0.5, 0.6) is 5.75 Å². The Morgan fingerprint density at radius 1 is 1.10 bits per heavy atom. The summed E-state index contributed by atoms with van der Waals surface area (Å²) in [5.41, 5.74) is 7.42. The summed E-state index contributed by atoms with van der Waals surface area (Å²) in [6.45, 7) is 5.75. The van der Waals surface area contributed by atoms with Gasteiger partial charge in [0.2, 0.25) is 0 Å². The lowest BCUT2D eigenvalue weighted by atomic mass is 10.1. The van der Waals surface area contributed by atoms with E-state index in [9.17, 15) is 0 Å². The normalized spacial score (nSPS) is 12.9. The topological polar surface area (TPSA) is 41.7 Å². The lowest BCUT2D eigenvalue weighted by Gasteiger charge is -2.22. The van der Waals surface area contributed by atoms with Crippen molar-refractivity contribution in [2.75, 3.05) is 47.4 Å². The van der Waals surface area contributed by atoms with Crippen molar-refractivity contribution in [2.24, 2.45) is 5.73 Å². The van der Waals surface area contributed by atoms with Gasteiger partial charge in [0.05, 0.1) is 6.61 Å². The van der Waals surface area contributed by atoms with E-state index in [-0.39, 0.29) is 6.04 Å². The first kappa shape index (κ1) is 17.0. The summed E-state index contributed by atoms with van der Waals surface area (Å²) in [5.74, 6) is 0.905. The molecular formula is C16H29N3O. The number of rotatable bonds is 9. The van der Waals surface area contributed by atoms with E-state index >= 15 is 0 Å². The van der Waals surface area contributed by atoms with Gasteiger partial charge >= 0.3 is 0 Å². The van der Waals surface area contributed by atoms with Crippen molar-refractivity contribution in [3.8, 4) is 5.75 Å². The van der Waals surface area contributed by atoms with Crippen molar-refractivity contribution in [3.05, 3.63) is 29.8 Å². The van der Waals surface area contributed by atoms with E-state index in [4.69, 9.17) is 10.5 Å². The number of benzene rings is 1. The molecule has 0 aliphatic carbocycles. The zero-order chi connectivity index (χ0) is 15.0. The molecule has 0 fully saturated rings. The van der Waals surface area contributed by atoms with Crippen molar-refractivity contribution >= 4 is 0 Å². The molecule has 1 rings (SSSR count). The highest BCUT2D eigenvalue weighted by Crippen LogP contribution is 2.17. The summed E-state index contributed by atoms with van der Waals surface area (Å²) >= 11 is 0. The molecule has 2 N–H and O–H groups in total. The number of likely N-dealkylation sites (N-methyl/N-ethyl adjacent to an activating group) is 1. The maximum atomic E-state index is 6.26. The number of ether oxygens (including phenoxy) is 1. The molecule has 0 heterocycles. The van der Waals surface area contributed by atoms with Crippen LogP contribution in [-0.2, 0) is 0 Å². The monoisotopic (exact) mass is 279 g/mol. The fraction of sp³-hybridized carbons (Fsp3) is 0.625. The minimum atomic E-state index is 0.0510. The molecule has 0 aromatic heterocycles. The molecule has 1 unspecified atom stereocenters. The van der Waals surface area contributed by atoms with Crippen LogP contribution in [0.4, 0.5) is 0 Å². The van der Waals surface area contributed by atoms with Crippen molar-refractivity contribution in [2.45, 2.75) is 19.4 Å². The minimum Gasteiger partial charge on any atom is -0.494 e. The largest absolute Gasteiger partial charge is 0.494 e. The molecule has 0 amide bonds. The predicted octanol–water partition coefficient (Wildman–Crippen LogP) is 1.97. The lowest BCUT2D eigenvalue weighted by molar-refractivity contribution is 0.286. The maximum Gasteiger partial charge on any atom is 0.119 e. The molecule has 0 bridgehead atoms. The summed E-state index contributed by atoms with van der Waals surface area (Å²) in [7, 11) is 6.33. The van der Waals surface area contributed by atoms with Crippen LogP contribution in [0.2, 0.25) is 0 Å². The first-order valence-electron chi connectivity index (χ1n) is 7.34. The molecule has 0 radical (unpaired) electrons. The van der Waals surface area contributed by atoms with Crippen LogP contribution in [0.25, 0.3) is 0 Å². The number of hydrogen-bond acceptors (Lipinski definition) is 4. The van der Waals surface area contributed by atoms with Crippen molar-refractivity contribution in [1.29, 1.82) is 0 Å². The van der Waals surface area contributed by atoms with Crippen LogP contribution < -0.4 is 10.5 Å². The smallest absolute Gasteiger partial charge is 0.119 e. The van der Waals surface area contributed by atoms with Gasteiger partial charge in [0.25, 0.3) is 0 Å². The Hall–Kier alpha value is -1.10. The van der Waals surface area contributed by atoms with E-state index in [1.54, 1.807) is 0 Å². The van der Waals surface area contributed by atoms with Gasteiger partial charge in [-0.05, 0) is 65.3 Å². The second-order valence-corrected chi connectivity index (χ2v) is 5.53. The Morgan fingerprint density at radius 2 is 1.75 bits per heavy atom. The van der Waals surface area contributed by atoms with Gasteiger partial charge < -0.3 is 20.3 Å². The zero-order valence-corrected chi connectivity index (χ0v) is 13.3. The van der Waals surface area contributed by atoms with Crippen molar-refractivity contribution in [1.82, 2.24) is 9.80 Å². The molecule has 114 valence electrons. The number of nitrogens with two attached hydrogens (primary N) is 1. The van der Waals surface area contributed by atoms with Gasteiger partial charge in [0.1, 0.15) is 5.75 Å². The van der Waals surface area contributed by atoms with Crippen molar-refractivity contribution < 1.29 is 4.74 Å². The fourth-order valence-electron chi connectivity index (χ4n) is 2.17. The molecule has 0 aliphatic heterocycles. The Bertz CT molecular complexity index is 364. The SMILES string of the molecule is CCOc1ccc(C(N)CN(C)CCCN(C)C)cc1. The molecule has 4 heteroatoms. The van der Waals surface area contributed by atoms with E-state index < -0.39 is 0 Å². The molecule has 4 nitrogen and oxygen atoms in total. The third-order valence-electron chi connectivity index (χ3n) is 3.27. The maximum absolute atomic E-state index is 6.26. The van der Waals surface area contributed by atoms with E-state index in [1.807, 2.05) is 19.1 Å². The Kier molecular flexibility index (Phi) is 7.59. The standard InChI is InChI=1S/C16H29N3O/c1-5-20-15-9-7-14(8-10-15)16(17)13-19(4)12-6-11-18(2)3/h7-10,16H,5-6,11-13,17H2,1-4H3. The van der Waals surface area contributed by atoms with Crippen LogP contribution in [0.3, 0.4) is 0 Å². The average molecular weight is 279 g/mol. The van der Waals surface area contributed by atoms with Gasteiger partial charge in [-0.15, -0.1) is 0 Å². The molecule has 0 aliphatic rings. The highest BCUT2D eigenvalue weighted by Gasteiger charge is 2.09. The minimum absolute atomic E-state index is 0.0510. The van der Waals surface area contributed by atoms with Crippen LogP contribution in [-0.4, -0.2) is 57.2 Å². The highest BCUT2D eigenvalue weighted by molar-refractivity contribution is 5.29. The average Bonchev–Trinajstić information content (AvgIpc) is 2.39. The third-order valence-corrected chi connectivity index (χ3v) is 3.27. The molecular weight excluding hydrogens is 250 g/mol. The van der Waals surface area contributed by atoms with E-state index in [2.05, 4.69) is 43.1 Å². The summed E-state index contributed by atoms with van der Waals surface area (Å²) < 4.78 is 5.44. The van der Waals surface area contributed by atoms with Gasteiger partial charge in [-0.1, -0.05) is 12.1 Å². The summed E-state index contributed by atoms with van der Waals surface area (Å²) in [6.07, 6.45) is 1.17. The first-order valence-corrected chi connectivity index (χ1v) is 7.34. The summed E-state index contributed by atoms with van der Waals surface area (Å²) in [6, 6.07) is 8.15. The molecule has 0 saturated heterocycles. The van der Waals surface area contributed by atoms with Crippen LogP contribution >= 0.6 is 0 Å². The quantitative estimate of drug-likeness (QED) is 0.750. The lowest BCUT2D eigenvalue weighted by Crippen LogP contribution is -2.31. The predicted molar refractivity (Wildman–Crippen MR) is 85.2 cm³/mol. The number of hydrogen-bond donors (Lipinski definition) is 1. The molecule has 1 aromatic rings. The van der Waals surface area contributed by atoms with Crippen LogP contribution in [0, 0.1) is 0 Å². The number of nitrogens with zero attached hydrogens (tertiary/aromatic N) is 2. The summed E-state index contributed by atoms with van der Waals surface area (Å²) in [5, 5.41) is 0. The second-order valence-electron chi connectivity index (χ2n) is 5.53. The summed E-state index contributed by atoms with van der Waals surface area (Å²) in [4.78, 5) is 4.50. The van der Waals surface area contributed by atoms with Gasteiger partial charge in [-0.3, -0.25) is 0 Å². The zero-order valence-electron chi connectivity index (χ0n) is 13.3. The third kappa shape index (κ3) is 6.37. The molecule has 1 atom stereocenters. The molecule has 0 spiro atoms. The van der Waals surface area contributed by atoms with Crippen molar-refractivity contribution in [3.63, 3.8) is 0 Å². The van der Waals surface area contributed by atoms with Crippen LogP contribution in [0.1, 0.15) is 24.9 Å². The Balaban J connectivity index is 2.39. The first-order chi connectivity index (χ1) is 9.52. The van der Waals surface area contributed by atoms with Gasteiger partial charge in [-0.25, -0.2) is 0 Å². The highest BCUT2D eigenvalue weighted by atomic mass is 16.5. The van der Waals surface area contributed by atoms with Gasteiger partial charge in [0, 0.05) is 12.6 Å². The van der Waals surface area contributed by atoms with E-state index in [0.717, 1.165) is 30.9 Å². The van der Waals surface area contributed by atoms with E-state index in [0.29, 0.717) is 6.61 Å². The van der Waals surface area contributed by atoms with Crippen LogP contribution in [0.15, 0.2) is 24.3 Å². The Labute approximate surface area is 123 Å². The molecule has 0 saturated carbocycles.